The smallest absolute Gasteiger partial charge is 0.324 e. The van der Waals surface area contributed by atoms with Gasteiger partial charge in [0.05, 0.1) is 12.2 Å². The number of ether oxygens (including phenoxy) is 1. The number of anilines is 1. The summed E-state index contributed by atoms with van der Waals surface area (Å²) in [5.74, 6) is 0.137. The third-order valence-electron chi connectivity index (χ3n) is 5.70. The Bertz CT molecular complexity index is 927. The molecule has 1 saturated heterocycles. The van der Waals surface area contributed by atoms with E-state index in [1.807, 2.05) is 31.2 Å². The molecule has 6 nitrogen and oxygen atoms in total. The topological polar surface area (TPSA) is 61.9 Å². The molecule has 2 aromatic rings. The van der Waals surface area contributed by atoms with E-state index in [-0.39, 0.29) is 36.3 Å². The maximum atomic E-state index is 13.7. The van der Waals surface area contributed by atoms with Crippen LogP contribution in [0.1, 0.15) is 25.3 Å². The summed E-state index contributed by atoms with van der Waals surface area (Å²) in [6.07, 6.45) is 1.11. The van der Waals surface area contributed by atoms with Crippen molar-refractivity contribution >= 4 is 17.6 Å². The number of nitrogens with one attached hydrogen (secondary N) is 1. The molecule has 0 aromatic heterocycles. The fourth-order valence-electron chi connectivity index (χ4n) is 4.04. The number of likely N-dealkylation sites (tertiary alicyclic amines) is 1. The predicted octanol–water partition coefficient (Wildman–Crippen LogP) is 3.56. The fraction of sp³-hybridized carbons (Fsp3) is 0.391. The number of piperidine rings is 1. The van der Waals surface area contributed by atoms with Gasteiger partial charge in [-0.05, 0) is 38.0 Å². The second-order valence-corrected chi connectivity index (χ2v) is 7.86. The van der Waals surface area contributed by atoms with Crippen LogP contribution >= 0.6 is 0 Å². The summed E-state index contributed by atoms with van der Waals surface area (Å²) >= 11 is 0. The van der Waals surface area contributed by atoms with Gasteiger partial charge in [-0.15, -0.1) is 0 Å². The molecule has 4 rings (SSSR count). The number of hydrogen-bond donors (Lipinski definition) is 1. The Morgan fingerprint density at radius 2 is 1.80 bits per heavy atom. The number of para-hydroxylation sites is 2. The molecule has 0 spiro atoms. The molecular formula is C23H26FN3O3. The number of halogens is 1. The standard InChI is InChI=1S/C23H26FN3O3/c1-16-15-27(20-8-4-5-9-21(20)30-16)23(29)26-12-10-17(11-13-26)22(28)25-14-18-6-2-3-7-19(18)24/h2-9,16-17H,10-15H2,1H3,(H,25,28). The maximum Gasteiger partial charge on any atom is 0.324 e. The summed E-state index contributed by atoms with van der Waals surface area (Å²) in [4.78, 5) is 29.2. The summed E-state index contributed by atoms with van der Waals surface area (Å²) in [6.45, 7) is 3.66. The molecule has 2 aliphatic heterocycles. The predicted molar refractivity (Wildman–Crippen MR) is 112 cm³/mol. The first-order valence-electron chi connectivity index (χ1n) is 10.4. The third-order valence-corrected chi connectivity index (χ3v) is 5.70. The zero-order valence-corrected chi connectivity index (χ0v) is 17.0. The Hall–Kier alpha value is -3.09. The summed E-state index contributed by atoms with van der Waals surface area (Å²) in [5.41, 5.74) is 1.25. The number of fused-ring (bicyclic) bond motifs is 1. The van der Waals surface area contributed by atoms with E-state index in [2.05, 4.69) is 5.32 Å². The number of carbonyl (C=O) groups excluding carboxylic acids is 2. The molecule has 0 aliphatic carbocycles. The van der Waals surface area contributed by atoms with Crippen molar-refractivity contribution in [2.24, 2.45) is 5.92 Å². The molecule has 2 heterocycles. The number of benzene rings is 2. The Morgan fingerprint density at radius 1 is 1.10 bits per heavy atom. The van der Waals surface area contributed by atoms with Crippen LogP contribution in [0, 0.1) is 11.7 Å². The first-order chi connectivity index (χ1) is 14.5. The van der Waals surface area contributed by atoms with Crippen LogP contribution in [0.25, 0.3) is 0 Å². The molecule has 30 heavy (non-hydrogen) atoms. The zero-order chi connectivity index (χ0) is 21.1. The summed E-state index contributed by atoms with van der Waals surface area (Å²) < 4.78 is 19.6. The fourth-order valence-corrected chi connectivity index (χ4v) is 4.04. The average Bonchev–Trinajstić information content (AvgIpc) is 2.77. The van der Waals surface area contributed by atoms with Gasteiger partial charge in [-0.3, -0.25) is 9.69 Å². The van der Waals surface area contributed by atoms with E-state index in [1.165, 1.54) is 6.07 Å². The zero-order valence-electron chi connectivity index (χ0n) is 17.0. The second kappa shape index (κ2) is 8.73. The molecule has 0 bridgehead atoms. The van der Waals surface area contributed by atoms with E-state index in [9.17, 15) is 14.0 Å². The van der Waals surface area contributed by atoms with Gasteiger partial charge in [0, 0.05) is 31.1 Å². The summed E-state index contributed by atoms with van der Waals surface area (Å²) in [6, 6.07) is 13.9. The number of carbonyl (C=O) groups is 2. The molecule has 0 radical (unpaired) electrons. The van der Waals surface area contributed by atoms with Crippen LogP contribution in [0.3, 0.4) is 0 Å². The van der Waals surface area contributed by atoms with Crippen molar-refractivity contribution in [2.45, 2.75) is 32.4 Å². The molecule has 1 atom stereocenters. The molecule has 7 heteroatoms. The van der Waals surface area contributed by atoms with Crippen molar-refractivity contribution in [3.8, 4) is 5.75 Å². The quantitative estimate of drug-likeness (QED) is 0.840. The molecule has 0 saturated carbocycles. The monoisotopic (exact) mass is 411 g/mol. The van der Waals surface area contributed by atoms with Gasteiger partial charge >= 0.3 is 6.03 Å². The van der Waals surface area contributed by atoms with Crippen LogP contribution in [0.2, 0.25) is 0 Å². The Labute approximate surface area is 175 Å². The number of amides is 3. The van der Waals surface area contributed by atoms with Crippen molar-refractivity contribution in [2.75, 3.05) is 24.5 Å². The molecule has 3 amide bonds. The largest absolute Gasteiger partial charge is 0.487 e. The van der Waals surface area contributed by atoms with Crippen LogP contribution in [0.5, 0.6) is 5.75 Å². The van der Waals surface area contributed by atoms with Gasteiger partial charge in [0.1, 0.15) is 17.7 Å². The van der Waals surface area contributed by atoms with Crippen molar-refractivity contribution in [1.29, 1.82) is 0 Å². The van der Waals surface area contributed by atoms with Crippen LogP contribution in [0.15, 0.2) is 48.5 Å². The molecule has 158 valence electrons. The van der Waals surface area contributed by atoms with E-state index in [1.54, 1.807) is 28.0 Å². The Balaban J connectivity index is 1.33. The molecule has 1 fully saturated rings. The van der Waals surface area contributed by atoms with Gasteiger partial charge in [-0.1, -0.05) is 30.3 Å². The van der Waals surface area contributed by atoms with Crippen molar-refractivity contribution < 1.29 is 18.7 Å². The minimum absolute atomic E-state index is 0.0529. The number of hydrogen-bond acceptors (Lipinski definition) is 3. The van der Waals surface area contributed by atoms with Gasteiger partial charge in [-0.25, -0.2) is 9.18 Å². The number of urea groups is 1. The van der Waals surface area contributed by atoms with Crippen molar-refractivity contribution in [1.82, 2.24) is 10.2 Å². The molecule has 2 aliphatic rings. The lowest BCUT2D eigenvalue weighted by Crippen LogP contribution is -2.52. The highest BCUT2D eigenvalue weighted by Crippen LogP contribution is 2.34. The molecular weight excluding hydrogens is 385 g/mol. The third kappa shape index (κ3) is 4.25. The minimum Gasteiger partial charge on any atom is -0.487 e. The van der Waals surface area contributed by atoms with Crippen molar-refractivity contribution in [3.05, 3.63) is 59.9 Å². The van der Waals surface area contributed by atoms with Gasteiger partial charge in [-0.2, -0.15) is 0 Å². The highest BCUT2D eigenvalue weighted by molar-refractivity contribution is 5.94. The van der Waals surface area contributed by atoms with Gasteiger partial charge in [0.25, 0.3) is 0 Å². The first-order valence-corrected chi connectivity index (χ1v) is 10.4. The Kier molecular flexibility index (Phi) is 5.88. The van der Waals surface area contributed by atoms with E-state index in [0.29, 0.717) is 43.8 Å². The molecule has 2 aromatic carbocycles. The average molecular weight is 411 g/mol. The van der Waals surface area contributed by atoms with Crippen LogP contribution in [-0.2, 0) is 11.3 Å². The number of rotatable bonds is 3. The molecule has 1 unspecified atom stereocenters. The maximum absolute atomic E-state index is 13.7. The SMILES string of the molecule is CC1CN(C(=O)N2CCC(C(=O)NCc3ccccc3F)CC2)c2ccccc2O1. The van der Waals surface area contributed by atoms with Crippen LogP contribution in [-0.4, -0.2) is 42.6 Å². The molecule has 1 N–H and O–H groups in total. The van der Waals surface area contributed by atoms with E-state index < -0.39 is 0 Å². The van der Waals surface area contributed by atoms with Crippen LogP contribution < -0.4 is 15.0 Å². The summed E-state index contributed by atoms with van der Waals surface area (Å²) in [7, 11) is 0. The highest BCUT2D eigenvalue weighted by atomic mass is 19.1. The number of nitrogens with zero attached hydrogens (tertiary/aromatic N) is 2. The van der Waals surface area contributed by atoms with E-state index in [4.69, 9.17) is 4.74 Å². The normalized spacial score (nSPS) is 19.1. The van der Waals surface area contributed by atoms with Gasteiger partial charge in [0.2, 0.25) is 5.91 Å². The lowest BCUT2D eigenvalue weighted by molar-refractivity contribution is -0.126. The van der Waals surface area contributed by atoms with Gasteiger partial charge < -0.3 is 15.0 Å². The minimum atomic E-state index is -0.321. The second-order valence-electron chi connectivity index (χ2n) is 7.86. The Morgan fingerprint density at radius 3 is 2.57 bits per heavy atom. The van der Waals surface area contributed by atoms with Crippen LogP contribution in [0.4, 0.5) is 14.9 Å². The van der Waals surface area contributed by atoms with E-state index in [0.717, 1.165) is 5.69 Å². The lowest BCUT2D eigenvalue weighted by Gasteiger charge is -2.39. The summed E-state index contributed by atoms with van der Waals surface area (Å²) in [5, 5.41) is 2.83. The van der Waals surface area contributed by atoms with Gasteiger partial charge in [0.15, 0.2) is 0 Å². The highest BCUT2D eigenvalue weighted by Gasteiger charge is 2.33. The lowest BCUT2D eigenvalue weighted by atomic mass is 9.96. The van der Waals surface area contributed by atoms with Crippen molar-refractivity contribution in [3.63, 3.8) is 0 Å². The first kappa shape index (κ1) is 20.2. The van der Waals surface area contributed by atoms with E-state index >= 15 is 0 Å².